The molecule has 0 unspecified atom stereocenters. The van der Waals surface area contributed by atoms with Crippen molar-refractivity contribution < 1.29 is 37.1 Å². The number of unbranched alkanes of at least 4 members (excludes halogenated alkanes) is 4. The zero-order chi connectivity index (χ0) is 27.1. The summed E-state index contributed by atoms with van der Waals surface area (Å²) in [5.41, 5.74) is 1.86. The van der Waals surface area contributed by atoms with Gasteiger partial charge in [-0.1, -0.05) is 75.1 Å². The van der Waals surface area contributed by atoms with Gasteiger partial charge >= 0.3 is 8.80 Å². The van der Waals surface area contributed by atoms with Crippen LogP contribution in [0.2, 0.25) is 6.04 Å². The van der Waals surface area contributed by atoms with Crippen LogP contribution in [0.4, 0.5) is 0 Å². The molecule has 2 aromatic carbocycles. The van der Waals surface area contributed by atoms with Crippen molar-refractivity contribution in [2.24, 2.45) is 0 Å². The lowest BCUT2D eigenvalue weighted by molar-refractivity contribution is -0.147. The Morgan fingerprint density at radius 3 is 1.86 bits per heavy atom. The summed E-state index contributed by atoms with van der Waals surface area (Å²) >= 11 is 0. The fourth-order valence-electron chi connectivity index (χ4n) is 3.85. The van der Waals surface area contributed by atoms with E-state index in [0.717, 1.165) is 24.0 Å². The Bertz CT molecular complexity index is 968. The quantitative estimate of drug-likeness (QED) is 0.190. The maximum absolute atomic E-state index is 11.7. The standard InChI is InChI=1S/C28H38O8Si/c1-5-6-7-8-12-19-32-27-18-13-17-26(25-15-10-9-11-16-25)28(27)33-20-14-21-37(34-22(2)29,35-23(3)30)36-24(4)31/h9-11,13,15-18H,5-8,12,14,19-21H2,1-4H3. The van der Waals surface area contributed by atoms with Gasteiger partial charge in [0.15, 0.2) is 11.5 Å². The zero-order valence-electron chi connectivity index (χ0n) is 22.2. The molecule has 0 heterocycles. The molecule has 2 rings (SSSR count). The third-order valence-corrected chi connectivity index (χ3v) is 8.10. The molecule has 0 saturated carbocycles. The highest BCUT2D eigenvalue weighted by Gasteiger charge is 2.51. The number of carbonyl (C=O) groups excluding carboxylic acids is 3. The number of benzene rings is 2. The summed E-state index contributed by atoms with van der Waals surface area (Å²) in [5, 5.41) is 0. The van der Waals surface area contributed by atoms with Gasteiger partial charge in [0, 0.05) is 26.3 Å². The first-order valence-corrected chi connectivity index (χ1v) is 14.7. The highest BCUT2D eigenvalue weighted by Crippen LogP contribution is 2.38. The topological polar surface area (TPSA) is 97.4 Å². The first-order chi connectivity index (χ1) is 17.8. The van der Waals surface area contributed by atoms with E-state index in [-0.39, 0.29) is 12.7 Å². The molecule has 0 aliphatic rings. The van der Waals surface area contributed by atoms with Crippen molar-refractivity contribution in [3.8, 4) is 22.6 Å². The Labute approximate surface area is 220 Å². The van der Waals surface area contributed by atoms with Crippen LogP contribution < -0.4 is 9.47 Å². The molecule has 0 atom stereocenters. The highest BCUT2D eigenvalue weighted by atomic mass is 28.4. The van der Waals surface area contributed by atoms with Crippen LogP contribution in [0.15, 0.2) is 48.5 Å². The molecule has 202 valence electrons. The van der Waals surface area contributed by atoms with Crippen molar-refractivity contribution in [3.05, 3.63) is 48.5 Å². The van der Waals surface area contributed by atoms with Crippen LogP contribution in [0, 0.1) is 0 Å². The number of carbonyl (C=O) groups is 3. The molecule has 0 fully saturated rings. The summed E-state index contributed by atoms with van der Waals surface area (Å²) in [4.78, 5) is 35.1. The van der Waals surface area contributed by atoms with Gasteiger partial charge in [-0.2, -0.15) is 0 Å². The lowest BCUT2D eigenvalue weighted by Crippen LogP contribution is -2.49. The average molecular weight is 531 g/mol. The van der Waals surface area contributed by atoms with Crippen LogP contribution >= 0.6 is 0 Å². The van der Waals surface area contributed by atoms with Gasteiger partial charge in [0.2, 0.25) is 0 Å². The van der Waals surface area contributed by atoms with E-state index in [4.69, 9.17) is 22.8 Å². The molecule has 0 aliphatic carbocycles. The van der Waals surface area contributed by atoms with E-state index in [1.54, 1.807) is 0 Å². The third-order valence-electron chi connectivity index (χ3n) is 5.34. The van der Waals surface area contributed by atoms with E-state index in [0.29, 0.717) is 24.5 Å². The minimum absolute atomic E-state index is 0.0346. The SMILES string of the molecule is CCCCCCCOc1cccc(-c2ccccc2)c1OCCC[Si](OC(C)=O)(OC(C)=O)OC(C)=O. The van der Waals surface area contributed by atoms with Crippen molar-refractivity contribution in [2.45, 2.75) is 72.3 Å². The maximum Gasteiger partial charge on any atom is 0.705 e. The molecule has 0 amide bonds. The second-order valence-electron chi connectivity index (χ2n) is 8.68. The largest absolute Gasteiger partial charge is 0.705 e. The Balaban J connectivity index is 2.17. The maximum atomic E-state index is 11.7. The van der Waals surface area contributed by atoms with Gasteiger partial charge in [0.1, 0.15) is 0 Å². The zero-order valence-corrected chi connectivity index (χ0v) is 23.2. The van der Waals surface area contributed by atoms with Gasteiger partial charge in [-0.05, 0) is 24.5 Å². The number of para-hydroxylation sites is 1. The summed E-state index contributed by atoms with van der Waals surface area (Å²) in [5.74, 6) is -0.848. The average Bonchev–Trinajstić information content (AvgIpc) is 2.83. The molecular weight excluding hydrogens is 492 g/mol. The Morgan fingerprint density at radius 1 is 0.676 bits per heavy atom. The molecule has 0 N–H and O–H groups in total. The summed E-state index contributed by atoms with van der Waals surface area (Å²) in [6, 6.07) is 15.7. The summed E-state index contributed by atoms with van der Waals surface area (Å²) in [6.45, 7) is 6.48. The molecule has 0 aliphatic heterocycles. The summed E-state index contributed by atoms with van der Waals surface area (Å²) in [6.07, 6.45) is 5.96. The van der Waals surface area contributed by atoms with Crippen molar-refractivity contribution in [1.82, 2.24) is 0 Å². The fourth-order valence-corrected chi connectivity index (χ4v) is 6.17. The monoisotopic (exact) mass is 530 g/mol. The summed E-state index contributed by atoms with van der Waals surface area (Å²) < 4.78 is 28.1. The molecule has 8 nitrogen and oxygen atoms in total. The first-order valence-electron chi connectivity index (χ1n) is 12.8. The second kappa shape index (κ2) is 15.7. The highest BCUT2D eigenvalue weighted by molar-refractivity contribution is 6.65. The molecule has 0 radical (unpaired) electrons. The van der Waals surface area contributed by atoms with Gasteiger partial charge in [0.25, 0.3) is 17.9 Å². The van der Waals surface area contributed by atoms with Gasteiger partial charge < -0.3 is 22.8 Å². The minimum Gasteiger partial charge on any atom is -0.490 e. The minimum atomic E-state index is -3.91. The number of ether oxygens (including phenoxy) is 2. The fraction of sp³-hybridized carbons (Fsp3) is 0.464. The lowest BCUT2D eigenvalue weighted by atomic mass is 10.0. The Hall–Kier alpha value is -3.33. The van der Waals surface area contributed by atoms with Crippen molar-refractivity contribution in [1.29, 1.82) is 0 Å². The van der Waals surface area contributed by atoms with Crippen LogP contribution in [0.1, 0.15) is 66.2 Å². The molecule has 9 heteroatoms. The second-order valence-corrected chi connectivity index (χ2v) is 11.2. The lowest BCUT2D eigenvalue weighted by Gasteiger charge is -2.26. The number of hydrogen-bond donors (Lipinski definition) is 0. The molecule has 0 saturated heterocycles. The first kappa shape index (κ1) is 29.9. The predicted molar refractivity (Wildman–Crippen MR) is 142 cm³/mol. The smallest absolute Gasteiger partial charge is 0.490 e. The van der Waals surface area contributed by atoms with Crippen LogP contribution in [-0.2, 0) is 27.7 Å². The van der Waals surface area contributed by atoms with Gasteiger partial charge in [0.05, 0.1) is 19.3 Å². The van der Waals surface area contributed by atoms with E-state index < -0.39 is 26.7 Å². The summed E-state index contributed by atoms with van der Waals surface area (Å²) in [7, 11) is -3.91. The molecule has 2 aromatic rings. The van der Waals surface area contributed by atoms with E-state index in [1.807, 2.05) is 48.5 Å². The molecule has 37 heavy (non-hydrogen) atoms. The molecule has 0 spiro atoms. The third kappa shape index (κ3) is 10.7. The van der Waals surface area contributed by atoms with Gasteiger partial charge in [-0.25, -0.2) is 0 Å². The van der Waals surface area contributed by atoms with Gasteiger partial charge in [-0.15, -0.1) is 0 Å². The van der Waals surface area contributed by atoms with Crippen molar-refractivity contribution in [3.63, 3.8) is 0 Å². The number of rotatable bonds is 16. The van der Waals surface area contributed by atoms with Crippen LogP contribution in [0.25, 0.3) is 11.1 Å². The van der Waals surface area contributed by atoms with E-state index in [9.17, 15) is 14.4 Å². The van der Waals surface area contributed by atoms with E-state index in [1.165, 1.54) is 40.0 Å². The number of hydrogen-bond acceptors (Lipinski definition) is 8. The molecular formula is C28H38O8Si. The van der Waals surface area contributed by atoms with Crippen LogP contribution in [0.5, 0.6) is 11.5 Å². The van der Waals surface area contributed by atoms with Gasteiger partial charge in [-0.3, -0.25) is 14.4 Å². The molecule has 0 aromatic heterocycles. The van der Waals surface area contributed by atoms with Crippen LogP contribution in [-0.4, -0.2) is 39.9 Å². The Kier molecular flexibility index (Phi) is 12.7. The normalized spacial score (nSPS) is 10.9. The van der Waals surface area contributed by atoms with Crippen LogP contribution in [0.3, 0.4) is 0 Å². The van der Waals surface area contributed by atoms with Crippen molar-refractivity contribution >= 4 is 26.7 Å². The van der Waals surface area contributed by atoms with Crippen molar-refractivity contribution in [2.75, 3.05) is 13.2 Å². The van der Waals surface area contributed by atoms with E-state index in [2.05, 4.69) is 6.92 Å². The Morgan fingerprint density at radius 2 is 1.27 bits per heavy atom. The molecule has 0 bridgehead atoms. The van der Waals surface area contributed by atoms with E-state index >= 15 is 0 Å². The predicted octanol–water partition coefficient (Wildman–Crippen LogP) is 6.10.